The van der Waals surface area contributed by atoms with Gasteiger partial charge in [-0.1, -0.05) is 29.8 Å². The molecule has 1 saturated heterocycles. The van der Waals surface area contributed by atoms with Crippen molar-refractivity contribution in [2.75, 3.05) is 32.8 Å². The van der Waals surface area contributed by atoms with Gasteiger partial charge in [0.1, 0.15) is 6.54 Å². The van der Waals surface area contributed by atoms with Gasteiger partial charge < -0.3 is 15.2 Å². The minimum atomic E-state index is -1.03. The van der Waals surface area contributed by atoms with E-state index in [9.17, 15) is 9.59 Å². The van der Waals surface area contributed by atoms with Crippen LogP contribution in [0.25, 0.3) is 0 Å². The molecule has 0 spiro atoms. The van der Waals surface area contributed by atoms with Crippen molar-refractivity contribution in [2.24, 2.45) is 0 Å². The zero-order valence-electron chi connectivity index (χ0n) is 14.2. The van der Waals surface area contributed by atoms with Gasteiger partial charge in [-0.2, -0.15) is 0 Å². The molecule has 1 fully saturated rings. The second-order valence-corrected chi connectivity index (χ2v) is 6.28. The van der Waals surface area contributed by atoms with Gasteiger partial charge in [-0.15, -0.1) is 0 Å². The molecule has 0 radical (unpaired) electrons. The van der Waals surface area contributed by atoms with E-state index < -0.39 is 5.97 Å². The number of ether oxygens (including phenoxy) is 1. The minimum absolute atomic E-state index is 0.162. The van der Waals surface area contributed by atoms with Crippen LogP contribution >= 0.6 is 0 Å². The summed E-state index contributed by atoms with van der Waals surface area (Å²) in [5.74, 6) is -1.30. The van der Waals surface area contributed by atoms with E-state index >= 15 is 0 Å². The third kappa shape index (κ3) is 6.68. The highest BCUT2D eigenvalue weighted by Crippen LogP contribution is 2.14. The summed E-state index contributed by atoms with van der Waals surface area (Å²) in [6.45, 7) is 4.13. The first-order valence-corrected chi connectivity index (χ1v) is 8.41. The summed E-state index contributed by atoms with van der Waals surface area (Å²) >= 11 is 0. The zero-order chi connectivity index (χ0) is 17.4. The first-order valence-electron chi connectivity index (χ1n) is 8.41. The van der Waals surface area contributed by atoms with Crippen molar-refractivity contribution in [2.45, 2.75) is 32.3 Å². The SMILES string of the molecule is Cc1ccc(CCN(CC(=O)NCC(=O)O)CC2CCCO2)cc1. The molecule has 0 bridgehead atoms. The average molecular weight is 334 g/mol. The fraction of sp³-hybridized carbons (Fsp3) is 0.556. The minimum Gasteiger partial charge on any atom is -0.480 e. The second kappa shape index (κ2) is 9.39. The highest BCUT2D eigenvalue weighted by molar-refractivity contribution is 5.82. The van der Waals surface area contributed by atoms with Crippen LogP contribution in [0, 0.1) is 6.92 Å². The van der Waals surface area contributed by atoms with Crippen molar-refractivity contribution in [1.29, 1.82) is 0 Å². The monoisotopic (exact) mass is 334 g/mol. The molecule has 6 nitrogen and oxygen atoms in total. The highest BCUT2D eigenvalue weighted by atomic mass is 16.5. The maximum atomic E-state index is 11.9. The van der Waals surface area contributed by atoms with Gasteiger partial charge in [0, 0.05) is 19.7 Å². The number of carbonyl (C=O) groups excluding carboxylic acids is 1. The van der Waals surface area contributed by atoms with Crippen molar-refractivity contribution >= 4 is 11.9 Å². The van der Waals surface area contributed by atoms with E-state index in [1.54, 1.807) is 0 Å². The maximum Gasteiger partial charge on any atom is 0.322 e. The molecule has 1 heterocycles. The van der Waals surface area contributed by atoms with Crippen LogP contribution in [0.3, 0.4) is 0 Å². The molecule has 6 heteroatoms. The number of amides is 1. The smallest absolute Gasteiger partial charge is 0.322 e. The third-order valence-electron chi connectivity index (χ3n) is 4.13. The zero-order valence-corrected chi connectivity index (χ0v) is 14.2. The van der Waals surface area contributed by atoms with Crippen LogP contribution in [-0.4, -0.2) is 60.8 Å². The van der Waals surface area contributed by atoms with Gasteiger partial charge in [-0.3, -0.25) is 14.5 Å². The largest absolute Gasteiger partial charge is 0.480 e. The fourth-order valence-electron chi connectivity index (χ4n) is 2.79. The number of benzene rings is 1. The van der Waals surface area contributed by atoms with E-state index in [1.807, 2.05) is 4.90 Å². The summed E-state index contributed by atoms with van der Waals surface area (Å²) in [6.07, 6.45) is 3.08. The lowest BCUT2D eigenvalue weighted by atomic mass is 10.1. The maximum absolute atomic E-state index is 11.9. The van der Waals surface area contributed by atoms with Crippen LogP contribution in [0.1, 0.15) is 24.0 Å². The molecular formula is C18H26N2O4. The Morgan fingerprint density at radius 3 is 2.71 bits per heavy atom. The normalized spacial score (nSPS) is 17.2. The number of carbonyl (C=O) groups is 2. The van der Waals surface area contributed by atoms with Gasteiger partial charge >= 0.3 is 5.97 Å². The van der Waals surface area contributed by atoms with Crippen LogP contribution in [0.5, 0.6) is 0 Å². The summed E-state index contributed by atoms with van der Waals surface area (Å²) in [5.41, 5.74) is 2.45. The molecular weight excluding hydrogens is 308 g/mol. The number of carboxylic acids is 1. The first-order chi connectivity index (χ1) is 11.5. The van der Waals surface area contributed by atoms with E-state index in [0.717, 1.165) is 32.4 Å². The number of rotatable bonds is 9. The second-order valence-electron chi connectivity index (χ2n) is 6.28. The first kappa shape index (κ1) is 18.4. The Hall–Kier alpha value is -1.92. The molecule has 0 aliphatic carbocycles. The highest BCUT2D eigenvalue weighted by Gasteiger charge is 2.20. The van der Waals surface area contributed by atoms with Crippen LogP contribution < -0.4 is 5.32 Å². The fourth-order valence-corrected chi connectivity index (χ4v) is 2.79. The van der Waals surface area contributed by atoms with Gasteiger partial charge in [0.25, 0.3) is 0 Å². The topological polar surface area (TPSA) is 78.9 Å². The van der Waals surface area contributed by atoms with Gasteiger partial charge in [0.15, 0.2) is 0 Å². The van der Waals surface area contributed by atoms with E-state index in [4.69, 9.17) is 9.84 Å². The molecule has 1 atom stereocenters. The summed E-state index contributed by atoms with van der Waals surface area (Å²) < 4.78 is 5.66. The summed E-state index contributed by atoms with van der Waals surface area (Å²) in [7, 11) is 0. The number of nitrogens with zero attached hydrogens (tertiary/aromatic N) is 1. The molecule has 1 aromatic rings. The molecule has 0 aromatic heterocycles. The van der Waals surface area contributed by atoms with Crippen molar-refractivity contribution in [3.63, 3.8) is 0 Å². The number of hydrogen-bond donors (Lipinski definition) is 2. The van der Waals surface area contributed by atoms with Gasteiger partial charge in [-0.05, 0) is 31.7 Å². The molecule has 2 N–H and O–H groups in total. The molecule has 1 aliphatic heterocycles. The Balaban J connectivity index is 1.87. The summed E-state index contributed by atoms with van der Waals surface area (Å²) in [6, 6.07) is 8.37. The Morgan fingerprint density at radius 2 is 2.08 bits per heavy atom. The Labute approximate surface area is 142 Å². The van der Waals surface area contributed by atoms with Crippen molar-refractivity contribution < 1.29 is 19.4 Å². The lowest BCUT2D eigenvalue weighted by molar-refractivity contribution is -0.138. The molecule has 24 heavy (non-hydrogen) atoms. The predicted molar refractivity (Wildman–Crippen MR) is 90.9 cm³/mol. The van der Waals surface area contributed by atoms with Crippen molar-refractivity contribution in [3.05, 3.63) is 35.4 Å². The van der Waals surface area contributed by atoms with Crippen LogP contribution in [-0.2, 0) is 20.7 Å². The van der Waals surface area contributed by atoms with Gasteiger partial charge in [0.05, 0.1) is 12.6 Å². The number of aliphatic carboxylic acids is 1. The Morgan fingerprint density at radius 1 is 1.33 bits per heavy atom. The van der Waals surface area contributed by atoms with Gasteiger partial charge in [-0.25, -0.2) is 0 Å². The molecule has 1 aromatic carbocycles. The standard InChI is InChI=1S/C18H26N2O4/c1-14-4-6-15(7-5-14)8-9-20(12-16-3-2-10-24-16)13-17(21)19-11-18(22)23/h4-7,16H,2-3,8-13H2,1H3,(H,19,21)(H,22,23). The summed E-state index contributed by atoms with van der Waals surface area (Å²) in [4.78, 5) is 24.5. The van der Waals surface area contributed by atoms with E-state index in [-0.39, 0.29) is 25.1 Å². The number of hydrogen-bond acceptors (Lipinski definition) is 4. The number of nitrogens with one attached hydrogen (secondary N) is 1. The lowest BCUT2D eigenvalue weighted by Crippen LogP contribution is -2.42. The quantitative estimate of drug-likeness (QED) is 0.710. The van der Waals surface area contributed by atoms with Crippen molar-refractivity contribution in [3.8, 4) is 0 Å². The molecule has 1 unspecified atom stereocenters. The van der Waals surface area contributed by atoms with Crippen LogP contribution in [0.15, 0.2) is 24.3 Å². The third-order valence-corrected chi connectivity index (χ3v) is 4.13. The molecule has 0 saturated carbocycles. The summed E-state index contributed by atoms with van der Waals surface area (Å²) in [5, 5.41) is 11.1. The molecule has 132 valence electrons. The molecule has 2 rings (SSSR count). The van der Waals surface area contributed by atoms with E-state index in [0.29, 0.717) is 6.54 Å². The van der Waals surface area contributed by atoms with Crippen LogP contribution in [0.4, 0.5) is 0 Å². The lowest BCUT2D eigenvalue weighted by Gasteiger charge is -2.24. The average Bonchev–Trinajstić information content (AvgIpc) is 3.05. The van der Waals surface area contributed by atoms with E-state index in [1.165, 1.54) is 11.1 Å². The molecule has 1 amide bonds. The van der Waals surface area contributed by atoms with Crippen molar-refractivity contribution in [1.82, 2.24) is 10.2 Å². The number of carboxylic acid groups (broad SMARTS) is 1. The Bertz CT molecular complexity index is 538. The molecule has 1 aliphatic rings. The Kier molecular flexibility index (Phi) is 7.21. The number of aryl methyl sites for hydroxylation is 1. The van der Waals surface area contributed by atoms with E-state index in [2.05, 4.69) is 36.5 Å². The van der Waals surface area contributed by atoms with Gasteiger partial charge in [0.2, 0.25) is 5.91 Å². The van der Waals surface area contributed by atoms with Crippen LogP contribution in [0.2, 0.25) is 0 Å². The predicted octanol–water partition coefficient (Wildman–Crippen LogP) is 1.22.